The second-order valence-corrected chi connectivity index (χ2v) is 12.0. The van der Waals surface area contributed by atoms with E-state index in [1.165, 1.54) is 11.3 Å². The molecule has 2 aromatic heterocycles. The van der Waals surface area contributed by atoms with E-state index in [0.717, 1.165) is 64.2 Å². The Morgan fingerprint density at radius 3 is 2.11 bits per heavy atom. The van der Waals surface area contributed by atoms with Gasteiger partial charge in [0.25, 0.3) is 0 Å². The van der Waals surface area contributed by atoms with E-state index >= 15 is 0 Å². The third kappa shape index (κ3) is 6.52. The summed E-state index contributed by atoms with van der Waals surface area (Å²) in [6.07, 6.45) is 2.23. The molecule has 0 atom stereocenters. The highest BCUT2D eigenvalue weighted by atomic mass is 35.5. The van der Waals surface area contributed by atoms with E-state index < -0.39 is 0 Å². The van der Waals surface area contributed by atoms with Crippen molar-refractivity contribution in [2.45, 2.75) is 32.0 Å². The molecule has 226 valence electrons. The van der Waals surface area contributed by atoms with Gasteiger partial charge in [-0.3, -0.25) is 4.68 Å². The third-order valence-electron chi connectivity index (χ3n) is 8.57. The Morgan fingerprint density at radius 1 is 0.756 bits per heavy atom. The Bertz CT molecular complexity index is 1880. The monoisotopic (exact) mass is 614 g/mol. The first-order chi connectivity index (χ1) is 22.1. The molecular weight excluding hydrogens is 580 g/mol. The van der Waals surface area contributed by atoms with Gasteiger partial charge in [-0.05, 0) is 71.8 Å². The van der Waals surface area contributed by atoms with Gasteiger partial charge in [-0.15, -0.1) is 0 Å². The molecule has 45 heavy (non-hydrogen) atoms. The molecule has 0 N–H and O–H groups in total. The molecule has 1 saturated heterocycles. The Hall–Kier alpha value is -4.81. The summed E-state index contributed by atoms with van der Waals surface area (Å²) < 4.78 is 14.4. The van der Waals surface area contributed by atoms with E-state index in [2.05, 4.69) is 35.2 Å². The number of hydrogen-bond donors (Lipinski definition) is 0. The van der Waals surface area contributed by atoms with Crippen molar-refractivity contribution >= 4 is 28.2 Å². The van der Waals surface area contributed by atoms with Crippen molar-refractivity contribution in [3.63, 3.8) is 0 Å². The topological polar surface area (TPSA) is 52.4 Å². The SMILES string of the molecule is Cn1nc(-c2ccc(OCc3ccccc3)nc2OCc2ccccc2)c2ccc(N3CCC(c4ccc(Cl)cc4)CC3)cc21. The van der Waals surface area contributed by atoms with Crippen molar-refractivity contribution < 1.29 is 9.47 Å². The zero-order valence-corrected chi connectivity index (χ0v) is 26.0. The molecule has 0 saturated carbocycles. The summed E-state index contributed by atoms with van der Waals surface area (Å²) in [6.45, 7) is 2.84. The summed E-state index contributed by atoms with van der Waals surface area (Å²) in [4.78, 5) is 7.29. The minimum atomic E-state index is 0.393. The summed E-state index contributed by atoms with van der Waals surface area (Å²) in [5.74, 6) is 1.57. The van der Waals surface area contributed by atoms with Crippen LogP contribution in [0.1, 0.15) is 35.4 Å². The van der Waals surface area contributed by atoms with Gasteiger partial charge in [0, 0.05) is 42.3 Å². The molecule has 4 aromatic carbocycles. The number of hydrogen-bond acceptors (Lipinski definition) is 5. The van der Waals surface area contributed by atoms with Gasteiger partial charge in [-0.2, -0.15) is 10.1 Å². The Labute approximate surface area is 268 Å². The summed E-state index contributed by atoms with van der Waals surface area (Å²) in [5, 5.41) is 6.82. The molecule has 0 unspecified atom stereocenters. The number of benzene rings is 4. The van der Waals surface area contributed by atoms with E-state index in [4.69, 9.17) is 31.2 Å². The van der Waals surface area contributed by atoms with Gasteiger partial charge in [0.15, 0.2) is 0 Å². The molecule has 7 heteroatoms. The molecule has 6 nitrogen and oxygen atoms in total. The predicted octanol–water partition coefficient (Wildman–Crippen LogP) is 8.83. The van der Waals surface area contributed by atoms with Crippen molar-refractivity contribution in [3.05, 3.63) is 137 Å². The third-order valence-corrected chi connectivity index (χ3v) is 8.83. The minimum Gasteiger partial charge on any atom is -0.473 e. The van der Waals surface area contributed by atoms with Crippen LogP contribution in [0.5, 0.6) is 11.8 Å². The van der Waals surface area contributed by atoms with Gasteiger partial charge in [0.05, 0.1) is 11.1 Å². The van der Waals surface area contributed by atoms with Gasteiger partial charge in [0.1, 0.15) is 18.9 Å². The normalized spacial score (nSPS) is 13.7. The van der Waals surface area contributed by atoms with E-state index in [-0.39, 0.29) is 0 Å². The fourth-order valence-corrected chi connectivity index (χ4v) is 6.22. The van der Waals surface area contributed by atoms with E-state index in [0.29, 0.717) is 30.9 Å². The average molecular weight is 615 g/mol. The maximum Gasteiger partial charge on any atom is 0.226 e. The molecule has 6 aromatic rings. The fourth-order valence-electron chi connectivity index (χ4n) is 6.10. The molecule has 1 fully saturated rings. The molecule has 1 aliphatic heterocycles. The molecule has 3 heterocycles. The number of aromatic nitrogens is 3. The lowest BCUT2D eigenvalue weighted by Crippen LogP contribution is -2.32. The first-order valence-corrected chi connectivity index (χ1v) is 15.8. The summed E-state index contributed by atoms with van der Waals surface area (Å²) in [6, 6.07) is 39.1. The quantitative estimate of drug-likeness (QED) is 0.163. The van der Waals surface area contributed by atoms with Gasteiger partial charge in [-0.25, -0.2) is 0 Å². The van der Waals surface area contributed by atoms with Gasteiger partial charge < -0.3 is 14.4 Å². The lowest BCUT2D eigenvalue weighted by Gasteiger charge is -2.34. The van der Waals surface area contributed by atoms with Gasteiger partial charge in [-0.1, -0.05) is 84.4 Å². The number of anilines is 1. The van der Waals surface area contributed by atoms with Crippen molar-refractivity contribution in [2.75, 3.05) is 18.0 Å². The smallest absolute Gasteiger partial charge is 0.226 e. The van der Waals surface area contributed by atoms with Crippen molar-refractivity contribution in [3.8, 4) is 23.0 Å². The zero-order chi connectivity index (χ0) is 30.6. The number of halogens is 1. The van der Waals surface area contributed by atoms with Crippen LogP contribution in [-0.4, -0.2) is 27.9 Å². The number of pyridine rings is 1. The van der Waals surface area contributed by atoms with E-state index in [1.807, 2.05) is 96.7 Å². The first-order valence-electron chi connectivity index (χ1n) is 15.4. The molecule has 0 aliphatic carbocycles. The standard InChI is InChI=1S/C38H35ClN4O2/c1-42-35-24-32(43-22-20-30(21-23-43)29-12-14-31(39)15-13-29)16-17-33(35)37(41-42)34-18-19-36(44-25-27-8-4-2-5-9-27)40-38(34)45-26-28-10-6-3-7-11-28/h2-19,24,30H,20-23,25-26H2,1H3. The highest BCUT2D eigenvalue weighted by molar-refractivity contribution is 6.30. The van der Waals surface area contributed by atoms with Crippen LogP contribution in [-0.2, 0) is 20.3 Å². The van der Waals surface area contributed by atoms with Crippen LogP contribution in [0.15, 0.2) is 115 Å². The molecule has 1 aliphatic rings. The highest BCUT2D eigenvalue weighted by Crippen LogP contribution is 2.37. The average Bonchev–Trinajstić information content (AvgIpc) is 3.43. The molecule has 7 rings (SSSR count). The summed E-state index contributed by atoms with van der Waals surface area (Å²) in [7, 11) is 2.00. The molecule has 0 amide bonds. The van der Waals surface area contributed by atoms with Crippen LogP contribution < -0.4 is 14.4 Å². The number of ether oxygens (including phenoxy) is 2. The molecular formula is C38H35ClN4O2. The lowest BCUT2D eigenvalue weighted by atomic mass is 9.89. The van der Waals surface area contributed by atoms with E-state index in [9.17, 15) is 0 Å². The number of nitrogens with zero attached hydrogens (tertiary/aromatic N) is 4. The number of aryl methyl sites for hydroxylation is 1. The minimum absolute atomic E-state index is 0.393. The maximum atomic E-state index is 6.34. The van der Waals surface area contributed by atoms with Crippen LogP contribution in [0.3, 0.4) is 0 Å². The Kier molecular flexibility index (Phi) is 8.39. The largest absolute Gasteiger partial charge is 0.473 e. The van der Waals surface area contributed by atoms with Crippen molar-refractivity contribution in [2.24, 2.45) is 7.05 Å². The van der Waals surface area contributed by atoms with Crippen LogP contribution in [0, 0.1) is 0 Å². The van der Waals surface area contributed by atoms with Gasteiger partial charge in [0.2, 0.25) is 11.8 Å². The molecule has 0 bridgehead atoms. The second-order valence-electron chi connectivity index (χ2n) is 11.5. The lowest BCUT2D eigenvalue weighted by molar-refractivity contribution is 0.268. The summed E-state index contributed by atoms with van der Waals surface area (Å²) >= 11 is 6.11. The first kappa shape index (κ1) is 28.9. The van der Waals surface area contributed by atoms with Crippen LogP contribution in [0.25, 0.3) is 22.2 Å². The number of piperidine rings is 1. The van der Waals surface area contributed by atoms with Crippen molar-refractivity contribution in [1.29, 1.82) is 0 Å². The Morgan fingerprint density at radius 2 is 1.42 bits per heavy atom. The van der Waals surface area contributed by atoms with Crippen molar-refractivity contribution in [1.82, 2.24) is 14.8 Å². The fraction of sp³-hybridized carbons (Fsp3) is 0.211. The summed E-state index contributed by atoms with van der Waals surface area (Å²) in [5.41, 5.74) is 7.48. The second kappa shape index (κ2) is 13.0. The zero-order valence-electron chi connectivity index (χ0n) is 25.3. The van der Waals surface area contributed by atoms with Gasteiger partial charge >= 0.3 is 0 Å². The maximum absolute atomic E-state index is 6.34. The van der Waals surface area contributed by atoms with Crippen LogP contribution >= 0.6 is 11.6 Å². The Balaban J connectivity index is 1.14. The van der Waals surface area contributed by atoms with Crippen LogP contribution in [0.4, 0.5) is 5.69 Å². The number of fused-ring (bicyclic) bond motifs is 1. The number of rotatable bonds is 9. The molecule has 0 spiro atoms. The molecule has 0 radical (unpaired) electrons. The highest BCUT2D eigenvalue weighted by Gasteiger charge is 2.23. The van der Waals surface area contributed by atoms with E-state index in [1.54, 1.807) is 0 Å². The van der Waals surface area contributed by atoms with Crippen LogP contribution in [0.2, 0.25) is 5.02 Å². The predicted molar refractivity (Wildman–Crippen MR) is 181 cm³/mol.